The van der Waals surface area contributed by atoms with Crippen LogP contribution < -0.4 is 4.74 Å². The molecule has 0 saturated heterocycles. The average molecular weight is 586 g/mol. The molecule has 3 aromatic rings. The van der Waals surface area contributed by atoms with E-state index in [1.165, 1.54) is 18.2 Å². The van der Waals surface area contributed by atoms with E-state index >= 15 is 0 Å². The van der Waals surface area contributed by atoms with Crippen LogP contribution in [0.1, 0.15) is 42.5 Å². The fraction of sp³-hybridized carbons (Fsp3) is 0.379. The molecule has 0 aliphatic heterocycles. The normalized spacial score (nSPS) is 12.7. The van der Waals surface area contributed by atoms with Crippen LogP contribution in [0, 0.1) is 11.6 Å². The van der Waals surface area contributed by atoms with Gasteiger partial charge in [-0.2, -0.15) is 13.2 Å². The lowest BCUT2D eigenvalue weighted by molar-refractivity contribution is -0.137. The van der Waals surface area contributed by atoms with Gasteiger partial charge in [0.15, 0.2) is 9.84 Å². The maximum absolute atomic E-state index is 14.4. The van der Waals surface area contributed by atoms with Gasteiger partial charge in [0.05, 0.1) is 23.7 Å². The molecule has 0 amide bonds. The van der Waals surface area contributed by atoms with Gasteiger partial charge in [0.2, 0.25) is 0 Å². The second-order valence-corrected chi connectivity index (χ2v) is 12.3. The number of aliphatic hydroxyl groups is 1. The molecule has 218 valence electrons. The van der Waals surface area contributed by atoms with Crippen LogP contribution in [0.2, 0.25) is 0 Å². The molecule has 0 aliphatic carbocycles. The van der Waals surface area contributed by atoms with Gasteiger partial charge in [-0.05, 0) is 41.8 Å². The second kappa shape index (κ2) is 12.7. The van der Waals surface area contributed by atoms with Crippen LogP contribution in [0.15, 0.2) is 65.6 Å². The topological polar surface area (TPSA) is 66.8 Å². The minimum Gasteiger partial charge on any atom is -0.493 e. The average Bonchev–Trinajstić information content (AvgIpc) is 2.85. The van der Waals surface area contributed by atoms with E-state index in [4.69, 9.17) is 4.74 Å². The number of ether oxygens (including phenoxy) is 1. The van der Waals surface area contributed by atoms with E-state index < -0.39 is 39.4 Å². The van der Waals surface area contributed by atoms with E-state index in [9.17, 15) is 35.5 Å². The molecule has 3 aromatic carbocycles. The number of sulfone groups is 1. The van der Waals surface area contributed by atoms with Crippen LogP contribution in [0.3, 0.4) is 0 Å². The van der Waals surface area contributed by atoms with Crippen LogP contribution in [0.4, 0.5) is 22.0 Å². The fourth-order valence-corrected chi connectivity index (χ4v) is 5.44. The van der Waals surface area contributed by atoms with Crippen LogP contribution >= 0.6 is 0 Å². The highest BCUT2D eigenvalue weighted by Gasteiger charge is 2.31. The largest absolute Gasteiger partial charge is 0.493 e. The Labute approximate surface area is 231 Å². The first-order chi connectivity index (χ1) is 18.6. The summed E-state index contributed by atoms with van der Waals surface area (Å²) >= 11 is 0. The summed E-state index contributed by atoms with van der Waals surface area (Å²) in [5.41, 5.74) is -0.257. The molecule has 0 heterocycles. The molecule has 40 heavy (non-hydrogen) atoms. The van der Waals surface area contributed by atoms with Crippen molar-refractivity contribution in [2.75, 3.05) is 26.0 Å². The fourth-order valence-electron chi connectivity index (χ4n) is 4.50. The van der Waals surface area contributed by atoms with Crippen LogP contribution in [0.5, 0.6) is 5.75 Å². The third kappa shape index (κ3) is 8.49. The summed E-state index contributed by atoms with van der Waals surface area (Å²) in [5, 5.41) is 9.37. The van der Waals surface area contributed by atoms with E-state index in [1.54, 1.807) is 18.2 Å². The molecule has 0 radical (unpaired) electrons. The summed E-state index contributed by atoms with van der Waals surface area (Å²) in [7, 11) is -3.82. The summed E-state index contributed by atoms with van der Waals surface area (Å²) in [5.74, 6) is -1.31. The molecular formula is C29H32F5NO4S. The lowest BCUT2D eigenvalue weighted by atomic mass is 9.84. The Kier molecular flexibility index (Phi) is 9.97. The highest BCUT2D eigenvalue weighted by Crippen LogP contribution is 2.31. The van der Waals surface area contributed by atoms with Gasteiger partial charge in [-0.1, -0.05) is 44.2 Å². The first-order valence-corrected chi connectivity index (χ1v) is 14.4. The van der Waals surface area contributed by atoms with Crippen molar-refractivity contribution in [2.45, 2.75) is 49.9 Å². The molecule has 0 spiro atoms. The molecule has 0 aromatic heterocycles. The number of nitrogens with zero attached hydrogens (tertiary/aromatic N) is 1. The molecule has 0 unspecified atom stereocenters. The summed E-state index contributed by atoms with van der Waals surface area (Å²) in [6.07, 6.45) is -3.19. The number of hydrogen-bond donors (Lipinski definition) is 1. The third-order valence-corrected chi connectivity index (χ3v) is 7.64. The number of benzene rings is 3. The van der Waals surface area contributed by atoms with Gasteiger partial charge in [0.25, 0.3) is 0 Å². The lowest BCUT2D eigenvalue weighted by Gasteiger charge is -2.33. The Morgan fingerprint density at radius 3 is 2.23 bits per heavy atom. The van der Waals surface area contributed by atoms with Gasteiger partial charge in [0.1, 0.15) is 17.4 Å². The number of hydrogen-bond acceptors (Lipinski definition) is 5. The monoisotopic (exact) mass is 585 g/mol. The Balaban J connectivity index is 1.77. The van der Waals surface area contributed by atoms with Crippen molar-refractivity contribution < 1.29 is 40.2 Å². The zero-order valence-electron chi connectivity index (χ0n) is 22.4. The van der Waals surface area contributed by atoms with E-state index in [0.717, 1.165) is 36.1 Å². The predicted octanol–water partition coefficient (Wildman–Crippen LogP) is 6.13. The van der Waals surface area contributed by atoms with E-state index in [-0.39, 0.29) is 35.2 Å². The van der Waals surface area contributed by atoms with Gasteiger partial charge in [0, 0.05) is 42.9 Å². The molecule has 11 heteroatoms. The van der Waals surface area contributed by atoms with Gasteiger partial charge in [-0.15, -0.1) is 0 Å². The summed E-state index contributed by atoms with van der Waals surface area (Å²) in [6, 6.07) is 13.3. The Hall–Kier alpha value is -3.02. The molecule has 0 atom stereocenters. The zero-order valence-corrected chi connectivity index (χ0v) is 23.2. The highest BCUT2D eigenvalue weighted by molar-refractivity contribution is 7.90. The Morgan fingerprint density at radius 1 is 0.950 bits per heavy atom. The van der Waals surface area contributed by atoms with Crippen molar-refractivity contribution in [3.63, 3.8) is 0 Å². The molecule has 0 aliphatic rings. The third-order valence-electron chi connectivity index (χ3n) is 6.48. The molecule has 0 bridgehead atoms. The maximum Gasteiger partial charge on any atom is 0.416 e. The SMILES string of the molecule is CC(C)(CN(CCCOc1cc(F)c(CO)c(S(C)(=O)=O)c1)Cc1cccc(C(F)(F)F)c1)c1ccc(F)cc1. The lowest BCUT2D eigenvalue weighted by Crippen LogP contribution is -2.37. The van der Waals surface area contributed by atoms with Crippen LogP contribution in [-0.4, -0.2) is 44.4 Å². The highest BCUT2D eigenvalue weighted by atomic mass is 32.2. The first-order valence-electron chi connectivity index (χ1n) is 12.5. The zero-order chi connectivity index (χ0) is 29.7. The Bertz CT molecular complexity index is 1410. The number of alkyl halides is 3. The standard InChI is InChI=1S/C29H32F5NO4S/c1-28(2,21-8-10-23(30)11-9-21)19-35(17-20-6-4-7-22(14-20)29(32,33)34)12-5-13-39-24-15-26(31)25(18-36)27(16-24)40(3,37)38/h4,6-11,14-16,36H,5,12-13,17-19H2,1-3H3. The summed E-state index contributed by atoms with van der Waals surface area (Å²) in [6.45, 7) is 4.19. The summed E-state index contributed by atoms with van der Waals surface area (Å²) < 4.78 is 97.4. The van der Waals surface area contributed by atoms with Crippen LogP contribution in [0.25, 0.3) is 0 Å². The van der Waals surface area contributed by atoms with Crippen molar-refractivity contribution in [1.29, 1.82) is 0 Å². The van der Waals surface area contributed by atoms with Gasteiger partial charge in [-0.25, -0.2) is 17.2 Å². The Morgan fingerprint density at radius 2 is 1.62 bits per heavy atom. The van der Waals surface area contributed by atoms with Crippen molar-refractivity contribution in [2.24, 2.45) is 0 Å². The van der Waals surface area contributed by atoms with Crippen molar-refractivity contribution in [3.8, 4) is 5.75 Å². The van der Waals surface area contributed by atoms with Crippen molar-refractivity contribution in [3.05, 3.63) is 94.6 Å². The van der Waals surface area contributed by atoms with Crippen molar-refractivity contribution in [1.82, 2.24) is 4.90 Å². The minimum atomic E-state index is -4.48. The number of aliphatic hydroxyl groups excluding tert-OH is 1. The molecule has 0 saturated carbocycles. The molecular weight excluding hydrogens is 553 g/mol. The molecule has 5 nitrogen and oxygen atoms in total. The van der Waals surface area contributed by atoms with Crippen molar-refractivity contribution >= 4 is 9.84 Å². The van der Waals surface area contributed by atoms with E-state index in [1.807, 2.05) is 18.7 Å². The first kappa shape index (κ1) is 31.5. The smallest absolute Gasteiger partial charge is 0.416 e. The predicted molar refractivity (Wildman–Crippen MR) is 142 cm³/mol. The summed E-state index contributed by atoms with van der Waals surface area (Å²) in [4.78, 5) is 1.59. The van der Waals surface area contributed by atoms with Gasteiger partial charge in [-0.3, -0.25) is 4.90 Å². The van der Waals surface area contributed by atoms with Crippen LogP contribution in [-0.2, 0) is 34.6 Å². The number of rotatable bonds is 12. The van der Waals surface area contributed by atoms with Gasteiger partial charge < -0.3 is 9.84 Å². The van der Waals surface area contributed by atoms with E-state index in [2.05, 4.69) is 0 Å². The van der Waals surface area contributed by atoms with Gasteiger partial charge >= 0.3 is 6.18 Å². The molecule has 3 rings (SSSR count). The quantitative estimate of drug-likeness (QED) is 0.205. The van der Waals surface area contributed by atoms with E-state index in [0.29, 0.717) is 25.1 Å². The minimum absolute atomic E-state index is 0.0220. The second-order valence-electron chi connectivity index (χ2n) is 10.3. The maximum atomic E-state index is 14.4. The number of halogens is 5. The molecule has 0 fully saturated rings. The molecule has 1 N–H and O–H groups in total.